The van der Waals surface area contributed by atoms with Gasteiger partial charge in [-0.3, -0.25) is 15.0 Å². The third-order valence-electron chi connectivity index (χ3n) is 2.92. The summed E-state index contributed by atoms with van der Waals surface area (Å²) in [5.41, 5.74) is 0.742. The van der Waals surface area contributed by atoms with Crippen molar-refractivity contribution < 1.29 is 9.32 Å². The van der Waals surface area contributed by atoms with Gasteiger partial charge in [0, 0.05) is 11.5 Å². The Morgan fingerprint density at radius 2 is 2.15 bits per heavy atom. The molecule has 0 atom stereocenters. The molecule has 0 fully saturated rings. The highest BCUT2D eigenvalue weighted by Crippen LogP contribution is 2.23. The van der Waals surface area contributed by atoms with Gasteiger partial charge in [0.05, 0.1) is 12.2 Å². The van der Waals surface area contributed by atoms with Crippen LogP contribution in [0.5, 0.6) is 0 Å². The SMILES string of the molecule is CNCCCN(C)CC(=O)Nc1cc(C(C)(C)C)no1. The first-order valence-electron chi connectivity index (χ1n) is 6.93. The molecule has 0 saturated carbocycles. The molecule has 0 aliphatic carbocycles. The van der Waals surface area contributed by atoms with Gasteiger partial charge in [-0.2, -0.15) is 0 Å². The molecule has 0 aliphatic heterocycles. The lowest BCUT2D eigenvalue weighted by atomic mass is 9.92. The third kappa shape index (κ3) is 5.71. The minimum Gasteiger partial charge on any atom is -0.338 e. The summed E-state index contributed by atoms with van der Waals surface area (Å²) in [7, 11) is 3.85. The fourth-order valence-electron chi connectivity index (χ4n) is 1.71. The second-order valence-corrected chi connectivity index (χ2v) is 6.07. The topological polar surface area (TPSA) is 70.4 Å². The predicted octanol–water partition coefficient (Wildman–Crippen LogP) is 1.45. The van der Waals surface area contributed by atoms with E-state index >= 15 is 0 Å². The van der Waals surface area contributed by atoms with E-state index < -0.39 is 0 Å². The van der Waals surface area contributed by atoms with Crippen LogP contribution in [-0.4, -0.2) is 49.7 Å². The lowest BCUT2D eigenvalue weighted by Gasteiger charge is -2.15. The van der Waals surface area contributed by atoms with Gasteiger partial charge >= 0.3 is 0 Å². The van der Waals surface area contributed by atoms with Crippen LogP contribution in [0.25, 0.3) is 0 Å². The van der Waals surface area contributed by atoms with Gasteiger partial charge in [-0.25, -0.2) is 0 Å². The lowest BCUT2D eigenvalue weighted by molar-refractivity contribution is -0.117. The zero-order valence-corrected chi connectivity index (χ0v) is 13.1. The molecule has 0 bridgehead atoms. The Morgan fingerprint density at radius 1 is 1.45 bits per heavy atom. The number of nitrogens with one attached hydrogen (secondary N) is 2. The Labute approximate surface area is 120 Å². The number of anilines is 1. The number of likely N-dealkylation sites (N-methyl/N-ethyl adjacent to an activating group) is 1. The van der Waals surface area contributed by atoms with Crippen molar-refractivity contribution in [2.75, 3.05) is 39.0 Å². The molecule has 20 heavy (non-hydrogen) atoms. The number of aromatic nitrogens is 1. The predicted molar refractivity (Wildman–Crippen MR) is 79.9 cm³/mol. The molecule has 1 rings (SSSR count). The van der Waals surface area contributed by atoms with Crippen molar-refractivity contribution >= 4 is 11.8 Å². The molecular weight excluding hydrogens is 256 g/mol. The summed E-state index contributed by atoms with van der Waals surface area (Å²) >= 11 is 0. The molecule has 1 aromatic heterocycles. The van der Waals surface area contributed by atoms with Crippen molar-refractivity contribution in [1.29, 1.82) is 0 Å². The second kappa shape index (κ2) is 7.40. The van der Waals surface area contributed by atoms with Gasteiger partial charge in [-0.15, -0.1) is 0 Å². The first kappa shape index (κ1) is 16.7. The molecule has 0 aromatic carbocycles. The van der Waals surface area contributed by atoms with E-state index in [2.05, 4.69) is 15.8 Å². The molecule has 0 radical (unpaired) electrons. The number of rotatable bonds is 7. The second-order valence-electron chi connectivity index (χ2n) is 6.07. The van der Waals surface area contributed by atoms with Crippen LogP contribution in [0.3, 0.4) is 0 Å². The maximum Gasteiger partial charge on any atom is 0.240 e. The minimum absolute atomic E-state index is 0.0869. The Balaban J connectivity index is 2.40. The molecule has 1 aromatic rings. The van der Waals surface area contributed by atoms with Crippen molar-refractivity contribution in [1.82, 2.24) is 15.4 Å². The number of amides is 1. The smallest absolute Gasteiger partial charge is 0.240 e. The largest absolute Gasteiger partial charge is 0.338 e. The Kier molecular flexibility index (Phi) is 6.16. The van der Waals surface area contributed by atoms with Gasteiger partial charge in [-0.05, 0) is 33.6 Å². The number of hydrogen-bond acceptors (Lipinski definition) is 5. The van der Waals surface area contributed by atoms with Crippen LogP contribution in [0.2, 0.25) is 0 Å². The molecule has 0 saturated heterocycles. The molecule has 0 aliphatic rings. The highest BCUT2D eigenvalue weighted by molar-refractivity contribution is 5.90. The summed E-state index contributed by atoms with van der Waals surface area (Å²) < 4.78 is 5.13. The highest BCUT2D eigenvalue weighted by Gasteiger charge is 2.19. The van der Waals surface area contributed by atoms with Crippen LogP contribution in [0.4, 0.5) is 5.88 Å². The lowest BCUT2D eigenvalue weighted by Crippen LogP contribution is -2.31. The van der Waals surface area contributed by atoms with E-state index in [9.17, 15) is 4.79 Å². The zero-order chi connectivity index (χ0) is 15.2. The molecule has 0 spiro atoms. The van der Waals surface area contributed by atoms with Crippen molar-refractivity contribution in [2.45, 2.75) is 32.6 Å². The van der Waals surface area contributed by atoms with Gasteiger partial charge in [0.1, 0.15) is 0 Å². The summed E-state index contributed by atoms with van der Waals surface area (Å²) in [6.45, 7) is 8.31. The number of carbonyl (C=O) groups excluding carboxylic acids is 1. The van der Waals surface area contributed by atoms with Gasteiger partial charge in [0.25, 0.3) is 0 Å². The highest BCUT2D eigenvalue weighted by atomic mass is 16.5. The molecule has 0 unspecified atom stereocenters. The van der Waals surface area contributed by atoms with Crippen molar-refractivity contribution in [3.63, 3.8) is 0 Å². The van der Waals surface area contributed by atoms with E-state index in [1.807, 2.05) is 39.8 Å². The normalized spacial score (nSPS) is 11.9. The summed E-state index contributed by atoms with van der Waals surface area (Å²) in [6.07, 6.45) is 1.01. The Bertz CT molecular complexity index is 423. The molecule has 2 N–H and O–H groups in total. The fraction of sp³-hybridized carbons (Fsp3) is 0.714. The summed E-state index contributed by atoms with van der Waals surface area (Å²) in [5.74, 6) is 0.317. The van der Waals surface area contributed by atoms with Crippen LogP contribution in [-0.2, 0) is 10.2 Å². The molecule has 114 valence electrons. The van der Waals surface area contributed by atoms with Gasteiger partial charge < -0.3 is 9.84 Å². The zero-order valence-electron chi connectivity index (χ0n) is 13.1. The van der Waals surface area contributed by atoms with Crippen molar-refractivity contribution in [3.8, 4) is 0 Å². The summed E-state index contributed by atoms with van der Waals surface area (Å²) in [4.78, 5) is 13.8. The first-order chi connectivity index (χ1) is 9.32. The van der Waals surface area contributed by atoms with Gasteiger partial charge in [-0.1, -0.05) is 25.9 Å². The van der Waals surface area contributed by atoms with E-state index in [1.165, 1.54) is 0 Å². The quantitative estimate of drug-likeness (QED) is 0.741. The van der Waals surface area contributed by atoms with E-state index in [1.54, 1.807) is 6.07 Å². The van der Waals surface area contributed by atoms with Crippen LogP contribution in [0.1, 0.15) is 32.9 Å². The fourth-order valence-corrected chi connectivity index (χ4v) is 1.71. The average molecular weight is 282 g/mol. The van der Waals surface area contributed by atoms with E-state index in [0.717, 1.165) is 25.2 Å². The number of nitrogens with zero attached hydrogens (tertiary/aromatic N) is 2. The Morgan fingerprint density at radius 3 is 2.70 bits per heavy atom. The van der Waals surface area contributed by atoms with Crippen molar-refractivity contribution in [2.24, 2.45) is 0 Å². The molecule has 1 amide bonds. The van der Waals surface area contributed by atoms with Crippen LogP contribution in [0.15, 0.2) is 10.6 Å². The average Bonchev–Trinajstić information content (AvgIpc) is 2.77. The standard InChI is InChI=1S/C14H26N4O2/c1-14(2,3)11-9-13(20-17-11)16-12(19)10-18(5)8-6-7-15-4/h9,15H,6-8,10H2,1-5H3,(H,16,19). The number of hydrogen-bond donors (Lipinski definition) is 2. The van der Waals surface area contributed by atoms with Crippen molar-refractivity contribution in [3.05, 3.63) is 11.8 Å². The third-order valence-corrected chi connectivity index (χ3v) is 2.92. The first-order valence-corrected chi connectivity index (χ1v) is 6.93. The molecule has 6 nitrogen and oxygen atoms in total. The summed E-state index contributed by atoms with van der Waals surface area (Å²) in [5, 5.41) is 9.78. The van der Waals surface area contributed by atoms with Crippen LogP contribution >= 0.6 is 0 Å². The van der Waals surface area contributed by atoms with E-state index in [4.69, 9.17) is 4.52 Å². The molecule has 1 heterocycles. The molecule has 6 heteroatoms. The monoisotopic (exact) mass is 282 g/mol. The van der Waals surface area contributed by atoms with Gasteiger partial charge in [0.2, 0.25) is 11.8 Å². The minimum atomic E-state index is -0.0893. The van der Waals surface area contributed by atoms with E-state index in [0.29, 0.717) is 12.4 Å². The van der Waals surface area contributed by atoms with Crippen LogP contribution in [0, 0.1) is 0 Å². The van der Waals surface area contributed by atoms with E-state index in [-0.39, 0.29) is 11.3 Å². The Hall–Kier alpha value is -1.40. The van der Waals surface area contributed by atoms with Gasteiger partial charge in [0.15, 0.2) is 0 Å². The maximum absolute atomic E-state index is 11.9. The van der Waals surface area contributed by atoms with Crippen LogP contribution < -0.4 is 10.6 Å². The molecular formula is C14H26N4O2. The number of carbonyl (C=O) groups is 1. The maximum atomic E-state index is 11.9. The summed E-state index contributed by atoms with van der Waals surface area (Å²) in [6, 6.07) is 1.78.